The molecule has 1 unspecified atom stereocenters. The van der Waals surface area contributed by atoms with Gasteiger partial charge in [0.15, 0.2) is 0 Å². The second-order valence-electron chi connectivity index (χ2n) is 4.33. The summed E-state index contributed by atoms with van der Waals surface area (Å²) < 4.78 is 0. The van der Waals surface area contributed by atoms with E-state index in [1.165, 1.54) is 5.01 Å². The van der Waals surface area contributed by atoms with Crippen molar-refractivity contribution in [3.05, 3.63) is 35.4 Å². The number of rotatable bonds is 2. The number of benzene rings is 1. The van der Waals surface area contributed by atoms with E-state index in [4.69, 9.17) is 5.84 Å². The lowest BCUT2D eigenvalue weighted by molar-refractivity contribution is -0.131. The van der Waals surface area contributed by atoms with Crippen LogP contribution in [0.1, 0.15) is 24.5 Å². The summed E-state index contributed by atoms with van der Waals surface area (Å²) in [6.07, 6.45) is 3.16. The molecule has 0 spiro atoms. The summed E-state index contributed by atoms with van der Waals surface area (Å²) in [4.78, 5) is 11.5. The second-order valence-corrected chi connectivity index (χ2v) is 4.33. The summed E-state index contributed by atoms with van der Waals surface area (Å²) in [6.45, 7) is 2.01. The van der Waals surface area contributed by atoms with Crippen LogP contribution in [0.15, 0.2) is 34.5 Å². The van der Waals surface area contributed by atoms with E-state index in [-0.39, 0.29) is 11.8 Å². The number of carbonyl (C=O) groups excluding carboxylic acids is 1. The Balaban J connectivity index is 2.30. The molecule has 93 valence electrons. The van der Waals surface area contributed by atoms with Gasteiger partial charge >= 0.3 is 0 Å². The fourth-order valence-electron chi connectivity index (χ4n) is 1.94. The normalized spacial score (nSPS) is 20.3. The Kier molecular flexibility index (Phi) is 3.41. The first-order chi connectivity index (χ1) is 8.61. The maximum absolute atomic E-state index is 11.5. The molecule has 0 aromatic heterocycles. The molecule has 0 saturated carbocycles. The van der Waals surface area contributed by atoms with Crippen LogP contribution in [-0.4, -0.2) is 29.9 Å². The maximum atomic E-state index is 11.5. The van der Waals surface area contributed by atoms with Gasteiger partial charge in [0.05, 0.1) is 5.71 Å². The van der Waals surface area contributed by atoms with Crippen LogP contribution < -0.4 is 5.84 Å². The topological polar surface area (TPSA) is 71.0 Å². The molecule has 5 heteroatoms. The van der Waals surface area contributed by atoms with Gasteiger partial charge in [-0.05, 0) is 5.56 Å². The number of amides is 1. The van der Waals surface area contributed by atoms with Crippen molar-refractivity contribution in [2.24, 2.45) is 22.0 Å². The van der Waals surface area contributed by atoms with Crippen molar-refractivity contribution in [1.29, 1.82) is 0 Å². The zero-order valence-corrected chi connectivity index (χ0v) is 10.4. The van der Waals surface area contributed by atoms with Gasteiger partial charge in [0.2, 0.25) is 5.91 Å². The van der Waals surface area contributed by atoms with Crippen LogP contribution in [-0.2, 0) is 4.79 Å². The molecule has 0 fully saturated rings. The summed E-state index contributed by atoms with van der Waals surface area (Å²) in [5.41, 5.74) is 2.74. The standard InChI is InChI=1S/C13H15N4O/c1-9-7-12(18)17(2)16-13(9)11-5-3-10(4-6-11)8-15-14/h3-6,9H,7,14H2,1-2H3. The van der Waals surface area contributed by atoms with Gasteiger partial charge < -0.3 is 5.84 Å². The van der Waals surface area contributed by atoms with Gasteiger partial charge in [-0.15, -0.1) is 0 Å². The molecular formula is C13H15N4O. The monoisotopic (exact) mass is 243 g/mol. The molecule has 1 radical (unpaired) electrons. The van der Waals surface area contributed by atoms with Crippen LogP contribution in [0.3, 0.4) is 0 Å². The van der Waals surface area contributed by atoms with Crippen molar-refractivity contribution < 1.29 is 4.79 Å². The average molecular weight is 243 g/mol. The highest BCUT2D eigenvalue weighted by Gasteiger charge is 2.24. The fraction of sp³-hybridized carbons (Fsp3) is 0.308. The smallest absolute Gasteiger partial charge is 0.243 e. The summed E-state index contributed by atoms with van der Waals surface area (Å²) in [5.74, 6) is 5.22. The lowest BCUT2D eigenvalue weighted by Crippen LogP contribution is -2.33. The van der Waals surface area contributed by atoms with E-state index < -0.39 is 0 Å². The van der Waals surface area contributed by atoms with Crippen molar-refractivity contribution in [3.8, 4) is 0 Å². The van der Waals surface area contributed by atoms with Crippen molar-refractivity contribution in [2.75, 3.05) is 7.05 Å². The molecule has 0 bridgehead atoms. The average Bonchev–Trinajstić information content (AvgIpc) is 2.35. The van der Waals surface area contributed by atoms with Gasteiger partial charge in [-0.3, -0.25) is 4.79 Å². The molecule has 2 rings (SSSR count). The molecular weight excluding hydrogens is 228 g/mol. The van der Waals surface area contributed by atoms with E-state index in [0.29, 0.717) is 6.42 Å². The molecule has 2 N–H and O–H groups in total. The van der Waals surface area contributed by atoms with E-state index in [9.17, 15) is 4.79 Å². The van der Waals surface area contributed by atoms with Crippen LogP contribution in [0.5, 0.6) is 0 Å². The Hall–Kier alpha value is -2.17. The molecule has 1 aliphatic rings. The molecule has 1 heterocycles. The Morgan fingerprint density at radius 1 is 1.44 bits per heavy atom. The van der Waals surface area contributed by atoms with Crippen molar-refractivity contribution in [2.45, 2.75) is 13.3 Å². The summed E-state index contributed by atoms with van der Waals surface area (Å²) in [6, 6.07) is 7.62. The molecule has 18 heavy (non-hydrogen) atoms. The Morgan fingerprint density at radius 2 is 2.11 bits per heavy atom. The van der Waals surface area contributed by atoms with Gasteiger partial charge in [-0.2, -0.15) is 10.2 Å². The van der Waals surface area contributed by atoms with Crippen LogP contribution in [0, 0.1) is 5.92 Å². The SMILES string of the molecule is CC1CC(=O)N(C)N=C1c1ccc(/[C]=N/N)cc1. The molecule has 5 nitrogen and oxygen atoms in total. The minimum atomic E-state index is 0.0477. The van der Waals surface area contributed by atoms with Crippen LogP contribution in [0.4, 0.5) is 0 Å². The number of hydrogen-bond donors (Lipinski definition) is 1. The van der Waals surface area contributed by atoms with E-state index >= 15 is 0 Å². The van der Waals surface area contributed by atoms with E-state index in [2.05, 4.69) is 16.4 Å². The number of nitrogens with zero attached hydrogens (tertiary/aromatic N) is 3. The third kappa shape index (κ3) is 2.40. The number of carbonyl (C=O) groups is 1. The maximum Gasteiger partial charge on any atom is 0.243 e. The minimum absolute atomic E-state index is 0.0477. The molecule has 1 amide bonds. The number of hydrazone groups is 2. The largest absolute Gasteiger partial charge is 0.323 e. The first-order valence-electron chi connectivity index (χ1n) is 5.73. The Morgan fingerprint density at radius 3 is 2.72 bits per heavy atom. The molecule has 1 atom stereocenters. The highest BCUT2D eigenvalue weighted by Crippen LogP contribution is 2.19. The third-order valence-corrected chi connectivity index (χ3v) is 2.94. The van der Waals surface area contributed by atoms with Crippen LogP contribution >= 0.6 is 0 Å². The lowest BCUT2D eigenvalue weighted by Gasteiger charge is -2.24. The predicted molar refractivity (Wildman–Crippen MR) is 70.3 cm³/mol. The van der Waals surface area contributed by atoms with Gasteiger partial charge in [0.25, 0.3) is 0 Å². The highest BCUT2D eigenvalue weighted by atomic mass is 16.2. The summed E-state index contributed by atoms with van der Waals surface area (Å²) >= 11 is 0. The van der Waals surface area contributed by atoms with Crippen LogP contribution in [0.2, 0.25) is 0 Å². The minimum Gasteiger partial charge on any atom is -0.323 e. The van der Waals surface area contributed by atoms with E-state index in [1.54, 1.807) is 7.05 Å². The summed E-state index contributed by atoms with van der Waals surface area (Å²) in [5, 5.41) is 9.07. The first kappa shape index (κ1) is 12.3. The van der Waals surface area contributed by atoms with E-state index in [0.717, 1.165) is 16.8 Å². The molecule has 0 saturated heterocycles. The van der Waals surface area contributed by atoms with E-state index in [1.807, 2.05) is 31.2 Å². The van der Waals surface area contributed by atoms with Gasteiger partial charge in [-0.1, -0.05) is 31.2 Å². The molecule has 0 aliphatic carbocycles. The Labute approximate surface area is 106 Å². The quantitative estimate of drug-likeness (QED) is 0.479. The van der Waals surface area contributed by atoms with Gasteiger partial charge in [0, 0.05) is 24.9 Å². The number of hydrogen-bond acceptors (Lipinski definition) is 4. The van der Waals surface area contributed by atoms with Crippen LogP contribution in [0.25, 0.3) is 0 Å². The lowest BCUT2D eigenvalue weighted by atomic mass is 9.93. The Bertz CT molecular complexity index is 504. The molecule has 1 aromatic carbocycles. The predicted octanol–water partition coefficient (Wildman–Crippen LogP) is 1.06. The summed E-state index contributed by atoms with van der Waals surface area (Å²) in [7, 11) is 1.68. The molecule has 1 aliphatic heterocycles. The van der Waals surface area contributed by atoms with Crippen molar-refractivity contribution in [3.63, 3.8) is 0 Å². The molecule has 1 aromatic rings. The van der Waals surface area contributed by atoms with Crippen molar-refractivity contribution >= 4 is 17.8 Å². The third-order valence-electron chi connectivity index (χ3n) is 2.94. The highest BCUT2D eigenvalue weighted by molar-refractivity contribution is 6.05. The second kappa shape index (κ2) is 5.00. The van der Waals surface area contributed by atoms with Gasteiger partial charge in [0.1, 0.15) is 6.21 Å². The van der Waals surface area contributed by atoms with Crippen molar-refractivity contribution in [1.82, 2.24) is 5.01 Å². The zero-order chi connectivity index (χ0) is 13.1. The zero-order valence-electron chi connectivity index (χ0n) is 10.4. The fourth-order valence-corrected chi connectivity index (χ4v) is 1.94. The van der Waals surface area contributed by atoms with Gasteiger partial charge in [-0.25, -0.2) is 5.01 Å². The number of nitrogens with two attached hydrogens (primary N) is 1. The first-order valence-corrected chi connectivity index (χ1v) is 5.73.